The Hall–Kier alpha value is -10.2. The Bertz CT molecular complexity index is 5240. The van der Waals surface area contributed by atoms with E-state index in [9.17, 15) is 72.5 Å². The molecule has 0 saturated heterocycles. The second-order valence-corrected chi connectivity index (χ2v) is 49.0. The van der Waals surface area contributed by atoms with Crippen LogP contribution in [0.15, 0.2) is 293 Å². The Morgan fingerprint density at radius 1 is 0.345 bits per heavy atom. The van der Waals surface area contributed by atoms with Crippen LogP contribution < -0.4 is 4.74 Å². The van der Waals surface area contributed by atoms with Crippen LogP contribution in [0.25, 0.3) is 0 Å². The number of ether oxygens (including phenoxy) is 8. The van der Waals surface area contributed by atoms with Crippen molar-refractivity contribution in [3.63, 3.8) is 0 Å². The molecule has 4 aliphatic carbocycles. The molecule has 24 nitrogen and oxygen atoms in total. The molecule has 4 saturated carbocycles. The number of rotatable bonds is 37. The maximum atomic E-state index is 13.0. The Morgan fingerprint density at radius 3 is 0.813 bits per heavy atom. The maximum Gasteiger partial charge on any atom is 0.344 e. The highest BCUT2D eigenvalue weighted by Gasteiger charge is 2.57. The largest absolute Gasteiger partial charge is 0.748 e. The average Bonchev–Trinajstić information content (AvgIpc) is 0.731. The van der Waals surface area contributed by atoms with Gasteiger partial charge in [-0.3, -0.25) is 28.8 Å². The topological polar surface area (TPSA) is 365 Å². The summed E-state index contributed by atoms with van der Waals surface area (Å²) in [6.45, 7) is 29.3. The molecule has 4 bridgehead atoms. The van der Waals surface area contributed by atoms with Gasteiger partial charge in [-0.15, -0.1) is 0 Å². The molecule has 0 radical (unpaired) electrons. The minimum Gasteiger partial charge on any atom is -0.748 e. The van der Waals surface area contributed by atoms with Gasteiger partial charge < -0.3 is 51.6 Å². The van der Waals surface area contributed by atoms with Crippen molar-refractivity contribution in [1.29, 1.82) is 0 Å². The predicted octanol–water partition coefficient (Wildman–Crippen LogP) is 21.1. The van der Waals surface area contributed by atoms with E-state index in [-0.39, 0.29) is 106 Å². The third-order valence-corrected chi connectivity index (χ3v) is 31.1. The number of aryl methyl sites for hydroxylation is 3. The first-order valence-electron chi connectivity index (χ1n) is 46.9. The van der Waals surface area contributed by atoms with Crippen LogP contribution in [-0.4, -0.2) is 148 Å². The van der Waals surface area contributed by atoms with Crippen molar-refractivity contribution in [3.8, 4) is 5.75 Å². The van der Waals surface area contributed by atoms with Gasteiger partial charge in [0.1, 0.15) is 49.5 Å². The van der Waals surface area contributed by atoms with Gasteiger partial charge in [-0.1, -0.05) is 228 Å². The Balaban J connectivity index is 0.000000232. The third-order valence-electron chi connectivity index (χ3n) is 22.5. The van der Waals surface area contributed by atoms with E-state index < -0.39 is 122 Å². The summed E-state index contributed by atoms with van der Waals surface area (Å²) in [7, 11) is -13.5. The Labute approximate surface area is 832 Å². The first-order valence-corrected chi connectivity index (χ1v) is 55.4. The number of hydrogen-bond donors (Lipinski definition) is 0. The van der Waals surface area contributed by atoms with E-state index in [2.05, 4.69) is 291 Å². The normalized spacial score (nSPS) is 16.6. The second-order valence-electron chi connectivity index (χ2n) is 38.4. The van der Waals surface area contributed by atoms with Crippen LogP contribution in [0.5, 0.6) is 5.75 Å². The van der Waals surface area contributed by atoms with Gasteiger partial charge >= 0.3 is 41.8 Å². The van der Waals surface area contributed by atoms with Crippen molar-refractivity contribution < 1.29 is 110 Å². The molecule has 30 heteroatoms. The lowest BCUT2D eigenvalue weighted by molar-refractivity contribution is -0.204. The van der Waals surface area contributed by atoms with E-state index >= 15 is 0 Å². The van der Waals surface area contributed by atoms with E-state index in [1.165, 1.54) is 81.7 Å². The quantitative estimate of drug-likeness (QED) is 0.0151. The fourth-order valence-corrected chi connectivity index (χ4v) is 23.4. The van der Waals surface area contributed by atoms with Crippen LogP contribution in [0.2, 0.25) is 0 Å². The van der Waals surface area contributed by atoms with Crippen molar-refractivity contribution in [1.82, 2.24) is 0 Å². The highest BCUT2D eigenvalue weighted by Crippen LogP contribution is 2.59. The maximum absolute atomic E-state index is 13.0. The summed E-state index contributed by atoms with van der Waals surface area (Å²) in [6, 6.07) is 88.3. The summed E-state index contributed by atoms with van der Waals surface area (Å²) >= 11 is 0. The predicted molar refractivity (Wildman–Crippen MR) is 539 cm³/mol. The smallest absolute Gasteiger partial charge is 0.344 e. The molecular weight excluding hydrogens is 1890 g/mol. The SMILES string of the molecule is CCC(CC(=O)OCCS(=O)(=O)[O-])OC(=O)CC(C)(C)C.CCC(CC(=O)OCCS(=O)(=O)[O-])OC(=O)CC(C)(C)C.CCC(CC(=O)OCCS(=O)(=O)[O-])OC(=O)CC(C)(C)C.Cc1cc([S+](c2ccccc2)c2ccccc2)cc(C)c1OCC(=O)OC1(C)C2CC3CC(C2)CC1C3.Cc1ccc([S+](c2ccccc2)c2ccccc2)cc1.c1ccc([S+](c2ccccc2)c2ccccc2)cc1. The molecule has 0 heterocycles. The summed E-state index contributed by atoms with van der Waals surface area (Å²) in [5, 5.41) is 0. The van der Waals surface area contributed by atoms with Gasteiger partial charge in [-0.2, -0.15) is 0 Å². The van der Waals surface area contributed by atoms with Crippen LogP contribution >= 0.6 is 0 Å². The summed E-state index contributed by atoms with van der Waals surface area (Å²) in [6.07, 6.45) is 5.96. The van der Waals surface area contributed by atoms with Crippen LogP contribution in [0.3, 0.4) is 0 Å². The minimum atomic E-state index is -4.41. The first kappa shape index (κ1) is 116. The summed E-state index contributed by atoms with van der Waals surface area (Å²) in [5.41, 5.74) is 2.45. The highest BCUT2D eigenvalue weighted by atomic mass is 32.2. The molecule has 0 N–H and O–H groups in total. The summed E-state index contributed by atoms with van der Waals surface area (Å²) in [4.78, 5) is 94.4. The Morgan fingerprint density at radius 2 is 0.583 bits per heavy atom. The number of benzene rings is 9. The molecule has 0 spiro atoms. The van der Waals surface area contributed by atoms with Crippen molar-refractivity contribution in [2.45, 2.75) is 269 Å². The number of esters is 7. The fraction of sp³-hybridized carbons (Fsp3) is 0.440. The standard InChI is InChI=1S/C33H37O3S.C19H17S.C18H15S.3C13H24O7S/c1-22-14-30(37(28-10-6-4-7-11-28)29-12-8-5-9-13-29)15-23(2)32(22)35-21-31(34)36-33(3)26-17-24-16-25(19-26)20-27(33)18-24;1-16-12-14-19(15-13-16)20(17-8-4-2-5-9-17)18-10-6-3-7-11-18;1-4-10-16(11-5-1)19(17-12-6-2-7-13-17)18-14-8-3-9-15-18;3*1-5-10(20-12(15)9-13(2,3)4)8-11(14)19-6-7-21(16,17)18/h4-15,24-27H,16-21H2,1-3H3;2-15H,1H3;1-15H;3*10H,5-9H2,1-4H3,(H,16,17,18)/q3*+1;;;/p-3. The lowest BCUT2D eigenvalue weighted by Crippen LogP contribution is -2.58. The van der Waals surface area contributed by atoms with Crippen LogP contribution in [0, 0.1) is 60.7 Å². The van der Waals surface area contributed by atoms with Gasteiger partial charge in [0.15, 0.2) is 50.7 Å². The van der Waals surface area contributed by atoms with Crippen LogP contribution in [-0.2, 0) is 130 Å². The zero-order chi connectivity index (χ0) is 102. The zero-order valence-corrected chi connectivity index (χ0v) is 87.7. The van der Waals surface area contributed by atoms with Crippen molar-refractivity contribution >= 4 is 105 Å². The summed E-state index contributed by atoms with van der Waals surface area (Å²) in [5.74, 6) is -2.29. The highest BCUT2D eigenvalue weighted by molar-refractivity contribution is 7.97. The van der Waals surface area contributed by atoms with Gasteiger partial charge in [0.25, 0.3) is 0 Å². The van der Waals surface area contributed by atoms with E-state index in [0.717, 1.165) is 28.7 Å². The lowest BCUT2D eigenvalue weighted by Gasteiger charge is -2.59. The lowest BCUT2D eigenvalue weighted by atomic mass is 9.50. The van der Waals surface area contributed by atoms with E-state index in [4.69, 9.17) is 23.7 Å². The molecule has 3 unspecified atom stereocenters. The van der Waals surface area contributed by atoms with E-state index in [1.54, 1.807) is 20.8 Å². The molecule has 13 rings (SSSR count). The molecule has 3 atom stereocenters. The monoisotopic (exact) mass is 2020 g/mol. The minimum absolute atomic E-state index is 0.0146. The number of hydrogen-bond acceptors (Lipinski definition) is 24. The van der Waals surface area contributed by atoms with E-state index in [1.807, 2.05) is 62.3 Å². The molecule has 4 aliphatic rings. The molecule has 9 aromatic rings. The van der Waals surface area contributed by atoms with Crippen molar-refractivity contribution in [3.05, 3.63) is 265 Å². The second kappa shape index (κ2) is 55.9. The molecule has 0 aliphatic heterocycles. The zero-order valence-electron chi connectivity index (χ0n) is 82.8. The number of carbonyl (C=O) groups is 7. The molecule has 9 aromatic carbocycles. The fourth-order valence-electron chi connectivity index (χ4n) is 16.0. The van der Waals surface area contributed by atoms with Crippen molar-refractivity contribution in [2.75, 3.05) is 43.7 Å². The number of carbonyl (C=O) groups excluding carboxylic acids is 7. The first-order chi connectivity index (χ1) is 65.5. The average molecular weight is 2020 g/mol. The molecule has 0 aromatic heterocycles. The Kier molecular flexibility index (Phi) is 46.6. The van der Waals surface area contributed by atoms with Gasteiger partial charge in [0, 0.05) is 12.1 Å². The van der Waals surface area contributed by atoms with Crippen LogP contribution in [0.1, 0.15) is 197 Å². The molecule has 4 fully saturated rings. The molecule has 139 heavy (non-hydrogen) atoms. The molecule has 754 valence electrons. The molecule has 0 amide bonds. The molecular formula is C109H138O24S6. The third kappa shape index (κ3) is 43.5. The van der Waals surface area contributed by atoms with E-state index in [0.29, 0.717) is 31.1 Å². The van der Waals surface area contributed by atoms with Gasteiger partial charge in [0.05, 0.1) is 119 Å². The van der Waals surface area contributed by atoms with Crippen molar-refractivity contribution in [2.24, 2.45) is 39.9 Å². The van der Waals surface area contributed by atoms with Gasteiger partial charge in [-0.05, 0) is 227 Å². The van der Waals surface area contributed by atoms with Crippen LogP contribution in [0.4, 0.5) is 0 Å². The van der Waals surface area contributed by atoms with Gasteiger partial charge in [-0.25, -0.2) is 30.0 Å². The summed E-state index contributed by atoms with van der Waals surface area (Å²) < 4.78 is 135. The van der Waals surface area contributed by atoms with Gasteiger partial charge in [0.2, 0.25) is 0 Å².